The van der Waals surface area contributed by atoms with E-state index in [0.29, 0.717) is 11.5 Å². The van der Waals surface area contributed by atoms with Crippen LogP contribution in [-0.2, 0) is 16.0 Å². The van der Waals surface area contributed by atoms with Gasteiger partial charge in [-0.3, -0.25) is 14.9 Å². The van der Waals surface area contributed by atoms with Crippen LogP contribution in [0.3, 0.4) is 0 Å². The first-order chi connectivity index (χ1) is 11.4. The van der Waals surface area contributed by atoms with E-state index in [0.717, 1.165) is 25.8 Å². The highest BCUT2D eigenvalue weighted by Crippen LogP contribution is 2.28. The van der Waals surface area contributed by atoms with Crippen molar-refractivity contribution in [3.05, 3.63) is 38.9 Å². The minimum atomic E-state index is -0.547. The zero-order valence-corrected chi connectivity index (χ0v) is 14.8. The van der Waals surface area contributed by atoms with Crippen LogP contribution in [0.1, 0.15) is 31.2 Å². The Labute approximate surface area is 146 Å². The highest BCUT2D eigenvalue weighted by atomic mass is 35.5. The number of quaternary nitrogens is 1. The summed E-state index contributed by atoms with van der Waals surface area (Å²) >= 11 is 5.79. The van der Waals surface area contributed by atoms with E-state index in [1.54, 1.807) is 6.07 Å². The fourth-order valence-corrected chi connectivity index (χ4v) is 3.46. The number of benzene rings is 1. The van der Waals surface area contributed by atoms with Crippen LogP contribution in [0, 0.1) is 16.0 Å². The molecule has 0 saturated heterocycles. The van der Waals surface area contributed by atoms with Gasteiger partial charge in [-0.25, -0.2) is 0 Å². The van der Waals surface area contributed by atoms with E-state index in [9.17, 15) is 14.9 Å². The number of ether oxygens (including phenoxy) is 1. The number of carbonyl (C=O) groups is 1. The van der Waals surface area contributed by atoms with Gasteiger partial charge in [0.2, 0.25) is 0 Å². The van der Waals surface area contributed by atoms with Crippen LogP contribution in [0.25, 0.3) is 0 Å². The van der Waals surface area contributed by atoms with Gasteiger partial charge >= 0.3 is 5.97 Å². The Kier molecular flexibility index (Phi) is 6.57. The number of nitrogens with zero attached hydrogens (tertiary/aromatic N) is 1. The molecule has 1 fully saturated rings. The van der Waals surface area contributed by atoms with E-state index in [1.807, 2.05) is 0 Å². The normalized spacial score (nSPS) is 20.8. The highest BCUT2D eigenvalue weighted by Gasteiger charge is 2.30. The summed E-state index contributed by atoms with van der Waals surface area (Å²) in [4.78, 5) is 24.0. The molecule has 1 aliphatic rings. The molecule has 1 aromatic carbocycles. The van der Waals surface area contributed by atoms with E-state index in [2.05, 4.69) is 14.1 Å². The van der Waals surface area contributed by atoms with Crippen molar-refractivity contribution in [1.82, 2.24) is 0 Å². The Morgan fingerprint density at radius 2 is 2.08 bits per heavy atom. The third kappa shape index (κ3) is 5.18. The maximum atomic E-state index is 12.2. The summed E-state index contributed by atoms with van der Waals surface area (Å²) in [5.41, 5.74) is 0.357. The molecule has 132 valence electrons. The summed E-state index contributed by atoms with van der Waals surface area (Å²) in [5.74, 6) is 0.0459. The number of nitro benzene ring substituents is 1. The van der Waals surface area contributed by atoms with Crippen LogP contribution in [0.15, 0.2) is 18.2 Å². The average molecular weight is 356 g/mol. The molecule has 0 bridgehead atoms. The SMILES string of the molecule is C[NH+](C)C[C@H]1CCCC[C@H]1OC(=O)Cc1ccc(Cl)c([N+](=O)[O-])c1. The van der Waals surface area contributed by atoms with E-state index in [4.69, 9.17) is 16.3 Å². The second-order valence-electron chi connectivity index (χ2n) is 6.70. The van der Waals surface area contributed by atoms with Gasteiger partial charge in [-0.2, -0.15) is 0 Å². The minimum absolute atomic E-state index is 0.0239. The predicted octanol–water partition coefficient (Wildman–Crippen LogP) is 2.04. The summed E-state index contributed by atoms with van der Waals surface area (Å²) in [7, 11) is 4.20. The third-order valence-electron chi connectivity index (χ3n) is 4.35. The molecule has 1 aliphatic carbocycles. The lowest BCUT2D eigenvalue weighted by atomic mass is 9.86. The lowest BCUT2D eigenvalue weighted by molar-refractivity contribution is -0.862. The molecule has 1 saturated carbocycles. The number of rotatable bonds is 6. The first kappa shape index (κ1) is 18.7. The lowest BCUT2D eigenvalue weighted by Crippen LogP contribution is -3.06. The highest BCUT2D eigenvalue weighted by molar-refractivity contribution is 6.32. The van der Waals surface area contributed by atoms with Gasteiger partial charge in [-0.05, 0) is 30.9 Å². The Morgan fingerprint density at radius 1 is 1.38 bits per heavy atom. The van der Waals surface area contributed by atoms with Gasteiger partial charge in [-0.15, -0.1) is 0 Å². The van der Waals surface area contributed by atoms with Crippen LogP contribution in [0.4, 0.5) is 5.69 Å². The zero-order valence-electron chi connectivity index (χ0n) is 14.1. The zero-order chi connectivity index (χ0) is 17.7. The molecule has 2 rings (SSSR count). The standard InChI is InChI=1S/C17H23ClN2O4/c1-19(2)11-13-5-3-4-6-16(13)24-17(21)10-12-7-8-14(18)15(9-12)20(22)23/h7-9,13,16H,3-6,10-11H2,1-2H3/p+1/t13-,16-/m1/s1. The van der Waals surface area contributed by atoms with E-state index in [-0.39, 0.29) is 29.2 Å². The molecule has 0 heterocycles. The average Bonchev–Trinajstić information content (AvgIpc) is 2.50. The molecule has 24 heavy (non-hydrogen) atoms. The third-order valence-corrected chi connectivity index (χ3v) is 4.67. The van der Waals surface area contributed by atoms with Crippen LogP contribution in [-0.4, -0.2) is 37.6 Å². The van der Waals surface area contributed by atoms with Crippen LogP contribution < -0.4 is 4.90 Å². The molecule has 0 unspecified atom stereocenters. The summed E-state index contributed by atoms with van der Waals surface area (Å²) in [6.07, 6.45) is 4.19. The van der Waals surface area contributed by atoms with Crippen molar-refractivity contribution < 1.29 is 19.4 Å². The Balaban J connectivity index is 1.99. The predicted molar refractivity (Wildman–Crippen MR) is 91.3 cm³/mol. The van der Waals surface area contributed by atoms with Gasteiger partial charge in [0, 0.05) is 12.0 Å². The van der Waals surface area contributed by atoms with Gasteiger partial charge in [-0.1, -0.05) is 24.1 Å². The summed E-state index contributed by atoms with van der Waals surface area (Å²) < 4.78 is 5.68. The fourth-order valence-electron chi connectivity index (χ4n) is 3.27. The summed E-state index contributed by atoms with van der Waals surface area (Å²) in [6.45, 7) is 0.977. The van der Waals surface area contributed by atoms with E-state index < -0.39 is 4.92 Å². The molecule has 0 amide bonds. The van der Waals surface area contributed by atoms with Crippen LogP contribution >= 0.6 is 11.6 Å². The quantitative estimate of drug-likeness (QED) is 0.481. The molecule has 7 heteroatoms. The maximum absolute atomic E-state index is 12.2. The van der Waals surface area contributed by atoms with Crippen molar-refractivity contribution >= 4 is 23.3 Å². The molecular weight excluding hydrogens is 332 g/mol. The smallest absolute Gasteiger partial charge is 0.310 e. The van der Waals surface area contributed by atoms with Crippen molar-refractivity contribution in [1.29, 1.82) is 0 Å². The molecule has 1 aromatic rings. The van der Waals surface area contributed by atoms with E-state index in [1.165, 1.54) is 23.5 Å². The van der Waals surface area contributed by atoms with Crippen molar-refractivity contribution in [2.75, 3.05) is 20.6 Å². The molecule has 0 radical (unpaired) electrons. The number of esters is 1. The molecule has 2 atom stereocenters. The molecule has 1 N–H and O–H groups in total. The first-order valence-corrected chi connectivity index (χ1v) is 8.66. The largest absolute Gasteiger partial charge is 0.462 e. The van der Waals surface area contributed by atoms with Crippen molar-refractivity contribution in [3.8, 4) is 0 Å². The van der Waals surface area contributed by atoms with Crippen LogP contribution in [0.5, 0.6) is 0 Å². The van der Waals surface area contributed by atoms with Crippen molar-refractivity contribution in [2.24, 2.45) is 5.92 Å². The molecular formula is C17H24ClN2O4+. The summed E-state index contributed by atoms with van der Waals surface area (Å²) in [5, 5.41) is 11.0. The molecule has 0 aliphatic heterocycles. The Bertz CT molecular complexity index is 606. The second kappa shape index (κ2) is 8.44. The first-order valence-electron chi connectivity index (χ1n) is 8.28. The topological polar surface area (TPSA) is 73.9 Å². The number of nitro groups is 1. The number of halogens is 1. The van der Waals surface area contributed by atoms with Gasteiger partial charge in [0.25, 0.3) is 5.69 Å². The number of hydrogen-bond donors (Lipinski definition) is 1. The van der Waals surface area contributed by atoms with Gasteiger partial charge in [0.05, 0.1) is 32.0 Å². The number of carbonyl (C=O) groups excluding carboxylic acids is 1. The lowest BCUT2D eigenvalue weighted by Gasteiger charge is -2.31. The fraction of sp³-hybridized carbons (Fsp3) is 0.588. The molecule has 0 spiro atoms. The molecule has 0 aromatic heterocycles. The van der Waals surface area contributed by atoms with Gasteiger partial charge < -0.3 is 9.64 Å². The van der Waals surface area contributed by atoms with Crippen molar-refractivity contribution in [3.63, 3.8) is 0 Å². The van der Waals surface area contributed by atoms with Gasteiger partial charge in [0.15, 0.2) is 0 Å². The monoisotopic (exact) mass is 355 g/mol. The van der Waals surface area contributed by atoms with Gasteiger partial charge in [0.1, 0.15) is 11.1 Å². The minimum Gasteiger partial charge on any atom is -0.462 e. The van der Waals surface area contributed by atoms with Crippen LogP contribution in [0.2, 0.25) is 5.02 Å². The number of nitrogens with one attached hydrogen (secondary N) is 1. The van der Waals surface area contributed by atoms with E-state index >= 15 is 0 Å². The second-order valence-corrected chi connectivity index (χ2v) is 7.11. The summed E-state index contributed by atoms with van der Waals surface area (Å²) in [6, 6.07) is 4.41. The Morgan fingerprint density at radius 3 is 2.75 bits per heavy atom. The maximum Gasteiger partial charge on any atom is 0.310 e. The Hall–Kier alpha value is -1.66. The number of hydrogen-bond acceptors (Lipinski definition) is 4. The van der Waals surface area contributed by atoms with Crippen molar-refractivity contribution in [2.45, 2.75) is 38.2 Å². The molecule has 6 nitrogen and oxygen atoms in total.